The van der Waals surface area contributed by atoms with Crippen molar-refractivity contribution in [3.63, 3.8) is 0 Å². The summed E-state index contributed by atoms with van der Waals surface area (Å²) in [5.74, 6) is 0. The molecule has 96 valence electrons. The van der Waals surface area contributed by atoms with E-state index in [1.54, 1.807) is 23.7 Å². The predicted octanol–water partition coefficient (Wildman–Crippen LogP) is 3.14. The molecule has 0 bridgehead atoms. The van der Waals surface area contributed by atoms with Crippen LogP contribution in [0.3, 0.4) is 0 Å². The van der Waals surface area contributed by atoms with Gasteiger partial charge in [-0.2, -0.15) is 13.2 Å². The van der Waals surface area contributed by atoms with Crippen LogP contribution >= 0.6 is 0 Å². The first-order chi connectivity index (χ1) is 8.33. The highest BCUT2D eigenvalue weighted by Gasteiger charge is 2.43. The largest absolute Gasteiger partial charge is 0.418 e. The summed E-state index contributed by atoms with van der Waals surface area (Å²) in [7, 11) is 1.65. The zero-order chi connectivity index (χ0) is 13.1. The first-order valence-electron chi connectivity index (χ1n) is 5.78. The van der Waals surface area contributed by atoms with Crippen molar-refractivity contribution in [1.29, 1.82) is 0 Å². The minimum absolute atomic E-state index is 0.219. The third-order valence-corrected chi connectivity index (χ3v) is 3.66. The van der Waals surface area contributed by atoms with E-state index in [-0.39, 0.29) is 5.52 Å². The van der Waals surface area contributed by atoms with Gasteiger partial charge in [-0.05, 0) is 25.0 Å². The number of para-hydroxylation sites is 1. The number of nitrogens with two attached hydrogens (primary N) is 1. The Balaban J connectivity index is 2.31. The first-order valence-corrected chi connectivity index (χ1v) is 5.78. The lowest BCUT2D eigenvalue weighted by Crippen LogP contribution is -2.22. The summed E-state index contributed by atoms with van der Waals surface area (Å²) in [6, 6.07) is 6.02. The van der Waals surface area contributed by atoms with Gasteiger partial charge < -0.3 is 10.3 Å². The molecule has 1 aliphatic carbocycles. The third kappa shape index (κ3) is 1.54. The predicted molar refractivity (Wildman–Crippen MR) is 63.0 cm³/mol. The lowest BCUT2D eigenvalue weighted by atomic mass is 10.1. The van der Waals surface area contributed by atoms with Gasteiger partial charge in [-0.25, -0.2) is 0 Å². The molecule has 0 saturated heterocycles. The van der Waals surface area contributed by atoms with Crippen LogP contribution in [0.15, 0.2) is 24.3 Å². The smallest absolute Gasteiger partial charge is 0.345 e. The Morgan fingerprint density at radius 3 is 2.50 bits per heavy atom. The summed E-state index contributed by atoms with van der Waals surface area (Å²) >= 11 is 0. The van der Waals surface area contributed by atoms with Crippen LogP contribution in [-0.4, -0.2) is 4.57 Å². The van der Waals surface area contributed by atoms with Crippen LogP contribution in [0.25, 0.3) is 10.9 Å². The molecule has 18 heavy (non-hydrogen) atoms. The number of rotatable bonds is 1. The van der Waals surface area contributed by atoms with Crippen LogP contribution in [-0.2, 0) is 18.8 Å². The standard InChI is InChI=1S/C13H13F3N2/c1-18-10(12(17)5-6-12)7-8-3-2-4-9(11(8)18)13(14,15)16/h2-4,7H,5-6,17H2,1H3. The molecule has 0 radical (unpaired) electrons. The summed E-state index contributed by atoms with van der Waals surface area (Å²) < 4.78 is 40.5. The van der Waals surface area contributed by atoms with E-state index in [9.17, 15) is 13.2 Å². The Bertz CT molecular complexity index is 621. The van der Waals surface area contributed by atoms with Crippen LogP contribution in [0, 0.1) is 0 Å². The molecular weight excluding hydrogens is 241 g/mol. The van der Waals surface area contributed by atoms with Gasteiger partial charge in [-0.15, -0.1) is 0 Å². The monoisotopic (exact) mass is 254 g/mol. The molecule has 1 heterocycles. The fourth-order valence-electron chi connectivity index (χ4n) is 2.51. The van der Waals surface area contributed by atoms with E-state index in [0.29, 0.717) is 5.39 Å². The second kappa shape index (κ2) is 3.29. The quantitative estimate of drug-likeness (QED) is 0.832. The third-order valence-electron chi connectivity index (χ3n) is 3.66. The van der Waals surface area contributed by atoms with Gasteiger partial charge in [0.15, 0.2) is 0 Å². The number of benzene rings is 1. The van der Waals surface area contributed by atoms with Crippen molar-refractivity contribution in [3.8, 4) is 0 Å². The Labute approximate surface area is 102 Å². The van der Waals surface area contributed by atoms with Crippen molar-refractivity contribution < 1.29 is 13.2 Å². The number of nitrogens with zero attached hydrogens (tertiary/aromatic N) is 1. The van der Waals surface area contributed by atoms with Gasteiger partial charge >= 0.3 is 6.18 Å². The van der Waals surface area contributed by atoms with E-state index < -0.39 is 17.3 Å². The lowest BCUT2D eigenvalue weighted by Gasteiger charge is -2.13. The SMILES string of the molecule is Cn1c(C2(N)CC2)cc2cccc(C(F)(F)F)c21. The number of aryl methyl sites for hydroxylation is 1. The molecule has 1 aliphatic rings. The van der Waals surface area contributed by atoms with E-state index in [1.807, 2.05) is 0 Å². The summed E-state index contributed by atoms with van der Waals surface area (Å²) in [6.45, 7) is 0. The van der Waals surface area contributed by atoms with Gasteiger partial charge in [-0.3, -0.25) is 0 Å². The number of hydrogen-bond acceptors (Lipinski definition) is 1. The van der Waals surface area contributed by atoms with Crippen LogP contribution in [0.5, 0.6) is 0 Å². The van der Waals surface area contributed by atoms with E-state index in [4.69, 9.17) is 5.73 Å². The zero-order valence-electron chi connectivity index (χ0n) is 9.88. The molecule has 3 rings (SSSR count). The highest BCUT2D eigenvalue weighted by molar-refractivity contribution is 5.85. The average molecular weight is 254 g/mol. The lowest BCUT2D eigenvalue weighted by molar-refractivity contribution is -0.136. The van der Waals surface area contributed by atoms with E-state index >= 15 is 0 Å². The fraction of sp³-hybridized carbons (Fsp3) is 0.385. The Hall–Kier alpha value is -1.49. The van der Waals surface area contributed by atoms with Crippen LogP contribution < -0.4 is 5.73 Å². The number of fused-ring (bicyclic) bond motifs is 1. The maximum atomic E-state index is 13.0. The van der Waals surface area contributed by atoms with E-state index in [1.165, 1.54) is 6.07 Å². The maximum absolute atomic E-state index is 13.0. The molecule has 5 heteroatoms. The number of aromatic nitrogens is 1. The fourth-order valence-corrected chi connectivity index (χ4v) is 2.51. The highest BCUT2D eigenvalue weighted by atomic mass is 19.4. The van der Waals surface area contributed by atoms with Crippen molar-refractivity contribution >= 4 is 10.9 Å². The Kier molecular flexibility index (Phi) is 2.12. The zero-order valence-corrected chi connectivity index (χ0v) is 9.88. The normalized spacial score (nSPS) is 18.3. The van der Waals surface area contributed by atoms with Crippen molar-refractivity contribution in [2.24, 2.45) is 12.8 Å². The second-order valence-corrected chi connectivity index (χ2v) is 4.99. The second-order valence-electron chi connectivity index (χ2n) is 4.99. The Morgan fingerprint density at radius 1 is 1.28 bits per heavy atom. The molecule has 0 unspecified atom stereocenters. The minimum Gasteiger partial charge on any atom is -0.345 e. The van der Waals surface area contributed by atoms with Crippen molar-refractivity contribution in [3.05, 3.63) is 35.5 Å². The van der Waals surface area contributed by atoms with E-state index in [0.717, 1.165) is 24.6 Å². The van der Waals surface area contributed by atoms with Gasteiger partial charge in [0.2, 0.25) is 0 Å². The minimum atomic E-state index is -4.34. The van der Waals surface area contributed by atoms with Gasteiger partial charge in [0.05, 0.1) is 16.6 Å². The highest BCUT2D eigenvalue weighted by Crippen LogP contribution is 2.45. The van der Waals surface area contributed by atoms with Crippen LogP contribution in [0.2, 0.25) is 0 Å². The molecule has 1 aromatic carbocycles. The molecule has 1 fully saturated rings. The first kappa shape index (κ1) is 11.6. The molecule has 0 atom stereocenters. The number of hydrogen-bond donors (Lipinski definition) is 1. The van der Waals surface area contributed by atoms with Gasteiger partial charge in [0.1, 0.15) is 0 Å². The molecule has 0 amide bonds. The topological polar surface area (TPSA) is 30.9 Å². The molecule has 0 aliphatic heterocycles. The van der Waals surface area contributed by atoms with Crippen molar-refractivity contribution in [1.82, 2.24) is 4.57 Å². The Morgan fingerprint density at radius 2 is 1.94 bits per heavy atom. The average Bonchev–Trinajstić information content (AvgIpc) is 2.93. The molecule has 2 aromatic rings. The van der Waals surface area contributed by atoms with Gasteiger partial charge in [-0.1, -0.05) is 12.1 Å². The molecule has 1 aromatic heterocycles. The summed E-state index contributed by atoms with van der Waals surface area (Å²) in [5, 5.41) is 0.596. The number of halogens is 3. The van der Waals surface area contributed by atoms with Crippen LogP contribution in [0.4, 0.5) is 13.2 Å². The molecule has 2 N–H and O–H groups in total. The molecular formula is C13H13F3N2. The van der Waals surface area contributed by atoms with Crippen LogP contribution in [0.1, 0.15) is 24.1 Å². The summed E-state index contributed by atoms with van der Waals surface area (Å²) in [4.78, 5) is 0. The summed E-state index contributed by atoms with van der Waals surface area (Å²) in [6.07, 6.45) is -2.68. The van der Waals surface area contributed by atoms with Crippen molar-refractivity contribution in [2.75, 3.05) is 0 Å². The van der Waals surface area contributed by atoms with E-state index in [2.05, 4.69) is 0 Å². The van der Waals surface area contributed by atoms with Gasteiger partial charge in [0, 0.05) is 18.1 Å². The van der Waals surface area contributed by atoms with Crippen molar-refractivity contribution in [2.45, 2.75) is 24.6 Å². The summed E-state index contributed by atoms with van der Waals surface area (Å²) in [5.41, 5.74) is 6.06. The molecule has 1 saturated carbocycles. The molecule has 0 spiro atoms. The van der Waals surface area contributed by atoms with Gasteiger partial charge in [0.25, 0.3) is 0 Å². The molecule has 2 nitrogen and oxygen atoms in total. The number of alkyl halides is 3. The maximum Gasteiger partial charge on any atom is 0.418 e.